The summed E-state index contributed by atoms with van der Waals surface area (Å²) >= 11 is 0. The molecule has 0 saturated carbocycles. The molecule has 1 aromatic rings. The molecule has 1 aromatic heterocycles. The van der Waals surface area contributed by atoms with Crippen molar-refractivity contribution in [3.63, 3.8) is 0 Å². The fourth-order valence-corrected chi connectivity index (χ4v) is 1.87. The van der Waals surface area contributed by atoms with Crippen molar-refractivity contribution in [2.45, 2.75) is 40.2 Å². The minimum Gasteiger partial charge on any atom is -0.492 e. The van der Waals surface area contributed by atoms with Gasteiger partial charge in [-0.2, -0.15) is 0 Å². The Morgan fingerprint density at radius 2 is 1.95 bits per heavy atom. The van der Waals surface area contributed by atoms with Crippen molar-refractivity contribution >= 4 is 0 Å². The number of methoxy groups -OCH3 is 1. The standard InChI is InChI=1S/C16H28N2O2/c1-13(2)11-17-12-15-16(8-7-14(3)18-15)20-10-6-5-9-19-4/h7-8,13,17H,5-6,9-12H2,1-4H3. The zero-order valence-corrected chi connectivity index (χ0v) is 13.2. The van der Waals surface area contributed by atoms with Gasteiger partial charge in [0.05, 0.1) is 12.3 Å². The number of hydrogen-bond donors (Lipinski definition) is 1. The second-order valence-corrected chi connectivity index (χ2v) is 5.47. The Hall–Kier alpha value is -1.13. The van der Waals surface area contributed by atoms with Crippen molar-refractivity contribution in [3.05, 3.63) is 23.5 Å². The van der Waals surface area contributed by atoms with E-state index in [1.165, 1.54) is 0 Å². The molecule has 20 heavy (non-hydrogen) atoms. The van der Waals surface area contributed by atoms with Gasteiger partial charge < -0.3 is 14.8 Å². The number of unbranched alkanes of at least 4 members (excludes halogenated alkanes) is 1. The molecular weight excluding hydrogens is 252 g/mol. The third-order valence-electron chi connectivity index (χ3n) is 2.92. The maximum Gasteiger partial charge on any atom is 0.142 e. The van der Waals surface area contributed by atoms with Crippen LogP contribution >= 0.6 is 0 Å². The molecular formula is C16H28N2O2. The van der Waals surface area contributed by atoms with Gasteiger partial charge >= 0.3 is 0 Å². The van der Waals surface area contributed by atoms with E-state index in [0.29, 0.717) is 12.5 Å². The largest absolute Gasteiger partial charge is 0.492 e. The number of aromatic nitrogens is 1. The number of aryl methyl sites for hydroxylation is 1. The predicted octanol–water partition coefficient (Wildman–Crippen LogP) is 2.94. The van der Waals surface area contributed by atoms with Crippen LogP contribution in [0.5, 0.6) is 5.75 Å². The smallest absolute Gasteiger partial charge is 0.142 e. The Balaban J connectivity index is 2.47. The lowest BCUT2D eigenvalue weighted by atomic mass is 10.2. The molecule has 1 heterocycles. The van der Waals surface area contributed by atoms with Crippen molar-refractivity contribution < 1.29 is 9.47 Å². The van der Waals surface area contributed by atoms with Gasteiger partial charge in [0.1, 0.15) is 5.75 Å². The first-order valence-corrected chi connectivity index (χ1v) is 7.42. The minimum atomic E-state index is 0.637. The molecule has 114 valence electrons. The summed E-state index contributed by atoms with van der Waals surface area (Å²) in [5.41, 5.74) is 2.02. The summed E-state index contributed by atoms with van der Waals surface area (Å²) in [4.78, 5) is 4.57. The molecule has 1 rings (SSSR count). The quantitative estimate of drug-likeness (QED) is 0.669. The van der Waals surface area contributed by atoms with Crippen LogP contribution in [0, 0.1) is 12.8 Å². The Morgan fingerprint density at radius 1 is 1.20 bits per heavy atom. The molecule has 0 aliphatic carbocycles. The van der Waals surface area contributed by atoms with Crippen LogP contribution in [0.15, 0.2) is 12.1 Å². The third-order valence-corrected chi connectivity index (χ3v) is 2.92. The number of ether oxygens (including phenoxy) is 2. The van der Waals surface area contributed by atoms with E-state index in [-0.39, 0.29) is 0 Å². The van der Waals surface area contributed by atoms with Gasteiger partial charge in [-0.1, -0.05) is 13.8 Å². The van der Waals surface area contributed by atoms with Crippen molar-refractivity contribution in [3.8, 4) is 5.75 Å². The van der Waals surface area contributed by atoms with E-state index < -0.39 is 0 Å². The van der Waals surface area contributed by atoms with Crippen molar-refractivity contribution in [2.24, 2.45) is 5.92 Å². The summed E-state index contributed by atoms with van der Waals surface area (Å²) in [7, 11) is 1.73. The van der Waals surface area contributed by atoms with Crippen LogP contribution < -0.4 is 10.1 Å². The maximum atomic E-state index is 5.84. The molecule has 4 nitrogen and oxygen atoms in total. The zero-order chi connectivity index (χ0) is 14.8. The molecule has 0 fully saturated rings. The highest BCUT2D eigenvalue weighted by Gasteiger charge is 2.06. The fraction of sp³-hybridized carbons (Fsp3) is 0.688. The fourth-order valence-electron chi connectivity index (χ4n) is 1.87. The predicted molar refractivity (Wildman–Crippen MR) is 82.1 cm³/mol. The number of pyridine rings is 1. The van der Waals surface area contributed by atoms with E-state index in [2.05, 4.69) is 24.1 Å². The van der Waals surface area contributed by atoms with E-state index in [4.69, 9.17) is 9.47 Å². The Morgan fingerprint density at radius 3 is 2.65 bits per heavy atom. The molecule has 0 bridgehead atoms. The summed E-state index contributed by atoms with van der Waals surface area (Å²) in [6.45, 7) is 9.65. The lowest BCUT2D eigenvalue weighted by Gasteiger charge is -2.13. The van der Waals surface area contributed by atoms with Crippen molar-refractivity contribution in [1.29, 1.82) is 0 Å². The molecule has 0 saturated heterocycles. The second-order valence-electron chi connectivity index (χ2n) is 5.47. The van der Waals surface area contributed by atoms with Crippen LogP contribution in [0.25, 0.3) is 0 Å². The monoisotopic (exact) mass is 280 g/mol. The average molecular weight is 280 g/mol. The van der Waals surface area contributed by atoms with Crippen LogP contribution in [0.4, 0.5) is 0 Å². The Kier molecular flexibility index (Phi) is 8.23. The summed E-state index contributed by atoms with van der Waals surface area (Å²) < 4.78 is 10.9. The summed E-state index contributed by atoms with van der Waals surface area (Å²) in [5.74, 6) is 1.53. The molecule has 0 aliphatic rings. The third kappa shape index (κ3) is 6.87. The van der Waals surface area contributed by atoms with Gasteiger partial charge in [0.2, 0.25) is 0 Å². The summed E-state index contributed by atoms with van der Waals surface area (Å²) in [6, 6.07) is 4.02. The molecule has 0 spiro atoms. The van der Waals surface area contributed by atoms with Crippen LogP contribution in [-0.4, -0.2) is 31.9 Å². The van der Waals surface area contributed by atoms with Gasteiger partial charge in [0.15, 0.2) is 0 Å². The molecule has 0 radical (unpaired) electrons. The van der Waals surface area contributed by atoms with Crippen molar-refractivity contribution in [1.82, 2.24) is 10.3 Å². The first-order valence-electron chi connectivity index (χ1n) is 7.42. The maximum absolute atomic E-state index is 5.84. The normalized spacial score (nSPS) is 11.1. The van der Waals surface area contributed by atoms with Gasteiger partial charge in [0, 0.05) is 26.0 Å². The van der Waals surface area contributed by atoms with Gasteiger partial charge in [0.25, 0.3) is 0 Å². The van der Waals surface area contributed by atoms with Crippen molar-refractivity contribution in [2.75, 3.05) is 26.9 Å². The highest BCUT2D eigenvalue weighted by molar-refractivity contribution is 5.29. The lowest BCUT2D eigenvalue weighted by molar-refractivity contribution is 0.184. The number of rotatable bonds is 10. The van der Waals surface area contributed by atoms with Gasteiger partial charge in [-0.25, -0.2) is 0 Å². The first-order chi connectivity index (χ1) is 9.63. The average Bonchev–Trinajstić information content (AvgIpc) is 2.40. The summed E-state index contributed by atoms with van der Waals surface area (Å²) in [5, 5.41) is 3.42. The minimum absolute atomic E-state index is 0.637. The van der Waals surface area contributed by atoms with E-state index >= 15 is 0 Å². The van der Waals surface area contributed by atoms with Crippen LogP contribution in [0.1, 0.15) is 38.1 Å². The first kappa shape index (κ1) is 16.9. The highest BCUT2D eigenvalue weighted by Crippen LogP contribution is 2.17. The van der Waals surface area contributed by atoms with E-state index in [1.54, 1.807) is 7.11 Å². The zero-order valence-electron chi connectivity index (χ0n) is 13.2. The second kappa shape index (κ2) is 9.72. The topological polar surface area (TPSA) is 43.4 Å². The van der Waals surface area contributed by atoms with E-state index in [1.807, 2.05) is 19.1 Å². The Bertz CT molecular complexity index is 381. The number of hydrogen-bond acceptors (Lipinski definition) is 4. The van der Waals surface area contributed by atoms with Crippen LogP contribution in [0.2, 0.25) is 0 Å². The van der Waals surface area contributed by atoms with E-state index in [0.717, 1.165) is 49.7 Å². The SMILES string of the molecule is COCCCCOc1ccc(C)nc1CNCC(C)C. The van der Waals surface area contributed by atoms with Gasteiger partial charge in [-0.15, -0.1) is 0 Å². The van der Waals surface area contributed by atoms with Crippen LogP contribution in [-0.2, 0) is 11.3 Å². The number of nitrogens with zero attached hydrogens (tertiary/aromatic N) is 1. The summed E-state index contributed by atoms with van der Waals surface area (Å²) in [6.07, 6.45) is 2.03. The molecule has 0 aliphatic heterocycles. The highest BCUT2D eigenvalue weighted by atomic mass is 16.5. The molecule has 0 atom stereocenters. The van der Waals surface area contributed by atoms with Crippen LogP contribution in [0.3, 0.4) is 0 Å². The van der Waals surface area contributed by atoms with Gasteiger partial charge in [-0.05, 0) is 44.4 Å². The number of nitrogens with one attached hydrogen (secondary N) is 1. The molecule has 0 aromatic carbocycles. The molecule has 0 unspecified atom stereocenters. The Labute approximate surface area is 122 Å². The van der Waals surface area contributed by atoms with E-state index in [9.17, 15) is 0 Å². The molecule has 1 N–H and O–H groups in total. The molecule has 4 heteroatoms. The lowest BCUT2D eigenvalue weighted by Crippen LogP contribution is -2.20. The van der Waals surface area contributed by atoms with Gasteiger partial charge in [-0.3, -0.25) is 4.98 Å². The molecule has 0 amide bonds.